The van der Waals surface area contributed by atoms with Crippen molar-refractivity contribution in [1.29, 1.82) is 0 Å². The van der Waals surface area contributed by atoms with Gasteiger partial charge >= 0.3 is 0 Å². The van der Waals surface area contributed by atoms with Gasteiger partial charge in [0.25, 0.3) is 0 Å². The minimum atomic E-state index is -0.802. The number of methoxy groups -OCH3 is 4. The third kappa shape index (κ3) is 21.9. The normalized spacial score (nSPS) is 14.0. The van der Waals surface area contributed by atoms with Crippen molar-refractivity contribution in [3.8, 4) is 0 Å². The van der Waals surface area contributed by atoms with Crippen molar-refractivity contribution in [2.45, 2.75) is 182 Å². The lowest BCUT2D eigenvalue weighted by Crippen LogP contribution is -2.33. The van der Waals surface area contributed by atoms with Gasteiger partial charge < -0.3 is 33.2 Å². The van der Waals surface area contributed by atoms with Crippen molar-refractivity contribution >= 4 is 0 Å². The Balaban J connectivity index is 5.81. The van der Waals surface area contributed by atoms with Gasteiger partial charge in [0.15, 0.2) is 11.5 Å². The summed E-state index contributed by atoms with van der Waals surface area (Å²) in [6.45, 7) is 9.88. The zero-order valence-electron chi connectivity index (χ0n) is 31.0. The molecular formula is C38H74O7. The molecule has 0 aromatic heterocycles. The van der Waals surface area contributed by atoms with E-state index >= 15 is 0 Å². The third-order valence-electron chi connectivity index (χ3n) is 8.21. The molecule has 0 saturated heterocycles. The SMILES string of the molecule is CCCCCCCCCCC(OC)=C(OC)C(OCCCC)OC(OCCCC)C(OC)=C(CCCCCCCCCC)OC. The lowest BCUT2D eigenvalue weighted by atomic mass is 10.1. The van der Waals surface area contributed by atoms with E-state index in [2.05, 4.69) is 27.7 Å². The summed E-state index contributed by atoms with van der Waals surface area (Å²) < 4.78 is 42.9. The fraction of sp³-hybridized carbons (Fsp3) is 0.895. The number of ether oxygens (including phenoxy) is 7. The second-order valence-electron chi connectivity index (χ2n) is 12.1. The molecule has 0 aromatic carbocycles. The fourth-order valence-electron chi connectivity index (χ4n) is 5.31. The van der Waals surface area contributed by atoms with Gasteiger partial charge in [-0.05, 0) is 25.7 Å². The highest BCUT2D eigenvalue weighted by Crippen LogP contribution is 2.27. The van der Waals surface area contributed by atoms with Crippen molar-refractivity contribution in [2.75, 3.05) is 41.7 Å². The number of rotatable bonds is 34. The van der Waals surface area contributed by atoms with Gasteiger partial charge in [0.05, 0.1) is 41.7 Å². The van der Waals surface area contributed by atoms with Gasteiger partial charge in [-0.25, -0.2) is 0 Å². The third-order valence-corrected chi connectivity index (χ3v) is 8.21. The van der Waals surface area contributed by atoms with Gasteiger partial charge in [-0.2, -0.15) is 0 Å². The van der Waals surface area contributed by atoms with Crippen LogP contribution in [0.3, 0.4) is 0 Å². The Labute approximate surface area is 279 Å². The van der Waals surface area contributed by atoms with E-state index < -0.39 is 12.6 Å². The molecule has 7 heteroatoms. The molecule has 0 amide bonds. The van der Waals surface area contributed by atoms with Crippen LogP contribution in [0, 0.1) is 0 Å². The molecule has 2 atom stereocenters. The first kappa shape index (κ1) is 43.6. The predicted octanol–water partition coefficient (Wildman–Crippen LogP) is 11.4. The Morgan fingerprint density at radius 1 is 0.378 bits per heavy atom. The first-order valence-electron chi connectivity index (χ1n) is 18.6. The molecule has 0 heterocycles. The Morgan fingerprint density at radius 3 is 0.978 bits per heavy atom. The van der Waals surface area contributed by atoms with Crippen molar-refractivity contribution in [3.63, 3.8) is 0 Å². The van der Waals surface area contributed by atoms with Gasteiger partial charge in [0.2, 0.25) is 12.6 Å². The van der Waals surface area contributed by atoms with Gasteiger partial charge in [0.1, 0.15) is 11.5 Å². The maximum Gasteiger partial charge on any atom is 0.223 e. The van der Waals surface area contributed by atoms with Crippen LogP contribution >= 0.6 is 0 Å². The summed E-state index contributed by atoms with van der Waals surface area (Å²) in [7, 11) is 6.71. The average Bonchev–Trinajstić information content (AvgIpc) is 3.05. The molecule has 7 nitrogen and oxygen atoms in total. The molecule has 0 bridgehead atoms. The Hall–Kier alpha value is -1.44. The highest BCUT2D eigenvalue weighted by Gasteiger charge is 2.31. The second kappa shape index (κ2) is 32.5. The quantitative estimate of drug-likeness (QED) is 0.0393. The van der Waals surface area contributed by atoms with Crippen LogP contribution < -0.4 is 0 Å². The van der Waals surface area contributed by atoms with Crippen LogP contribution in [0.25, 0.3) is 0 Å². The first-order chi connectivity index (χ1) is 22.1. The topological polar surface area (TPSA) is 64.6 Å². The molecule has 0 saturated carbocycles. The maximum atomic E-state index is 6.61. The van der Waals surface area contributed by atoms with Crippen molar-refractivity contribution in [3.05, 3.63) is 23.0 Å². The summed E-state index contributed by atoms with van der Waals surface area (Å²) in [5.41, 5.74) is 0. The highest BCUT2D eigenvalue weighted by atomic mass is 16.8. The van der Waals surface area contributed by atoms with E-state index in [0.717, 1.165) is 75.7 Å². The lowest BCUT2D eigenvalue weighted by Gasteiger charge is -2.29. The Bertz CT molecular complexity index is 648. The molecule has 0 aliphatic heterocycles. The molecule has 2 unspecified atom stereocenters. The maximum absolute atomic E-state index is 6.61. The number of unbranched alkanes of at least 4 members (excludes halogenated alkanes) is 16. The van der Waals surface area contributed by atoms with Crippen molar-refractivity contribution < 1.29 is 33.2 Å². The van der Waals surface area contributed by atoms with Crippen LogP contribution in [0.1, 0.15) is 169 Å². The summed E-state index contributed by atoms with van der Waals surface area (Å²) >= 11 is 0. The molecule has 45 heavy (non-hydrogen) atoms. The van der Waals surface area contributed by atoms with E-state index in [4.69, 9.17) is 33.2 Å². The Kier molecular flexibility index (Phi) is 31.5. The smallest absolute Gasteiger partial charge is 0.223 e. The lowest BCUT2D eigenvalue weighted by molar-refractivity contribution is -0.240. The van der Waals surface area contributed by atoms with E-state index in [-0.39, 0.29) is 0 Å². The highest BCUT2D eigenvalue weighted by molar-refractivity contribution is 5.08. The zero-order chi connectivity index (χ0) is 33.4. The predicted molar refractivity (Wildman–Crippen MR) is 187 cm³/mol. The Morgan fingerprint density at radius 2 is 0.689 bits per heavy atom. The summed E-state index contributed by atoms with van der Waals surface area (Å²) in [5.74, 6) is 2.62. The molecule has 0 spiro atoms. The monoisotopic (exact) mass is 643 g/mol. The van der Waals surface area contributed by atoms with E-state index in [1.54, 1.807) is 28.4 Å². The summed E-state index contributed by atoms with van der Waals surface area (Å²) in [4.78, 5) is 0. The van der Waals surface area contributed by atoms with Crippen LogP contribution in [0.2, 0.25) is 0 Å². The molecule has 0 rings (SSSR count). The zero-order valence-corrected chi connectivity index (χ0v) is 31.0. The molecule has 0 aliphatic carbocycles. The largest absolute Gasteiger partial charge is 0.497 e. The van der Waals surface area contributed by atoms with Gasteiger partial charge in [-0.1, -0.05) is 130 Å². The van der Waals surface area contributed by atoms with E-state index in [1.165, 1.54) is 77.0 Å². The first-order valence-corrected chi connectivity index (χ1v) is 18.6. The minimum Gasteiger partial charge on any atom is -0.497 e. The van der Waals surface area contributed by atoms with E-state index in [1.807, 2.05) is 0 Å². The number of hydrogen-bond donors (Lipinski definition) is 0. The van der Waals surface area contributed by atoms with Gasteiger partial charge in [-0.15, -0.1) is 0 Å². The standard InChI is InChI=1S/C38H74O7/c1-9-13-17-19-21-23-25-27-29-33(39-5)35(41-7)37(43-31-15-11-3)45-38(44-32-16-12-4)36(42-8)34(40-6)30-28-26-24-22-20-18-14-10-2/h37-38H,9-32H2,1-8H3. The number of hydrogen-bond acceptors (Lipinski definition) is 7. The molecule has 0 N–H and O–H groups in total. The van der Waals surface area contributed by atoms with Crippen molar-refractivity contribution in [1.82, 2.24) is 0 Å². The summed E-state index contributed by atoms with van der Waals surface area (Å²) in [5, 5.41) is 0. The average molecular weight is 643 g/mol. The minimum absolute atomic E-state index is 0.534. The van der Waals surface area contributed by atoms with Crippen LogP contribution in [0.15, 0.2) is 23.0 Å². The molecular weight excluding hydrogens is 568 g/mol. The summed E-state index contributed by atoms with van der Waals surface area (Å²) in [6.07, 6.45) is 23.8. The van der Waals surface area contributed by atoms with Crippen molar-refractivity contribution in [2.24, 2.45) is 0 Å². The van der Waals surface area contributed by atoms with Crippen LogP contribution in [-0.4, -0.2) is 54.2 Å². The second-order valence-corrected chi connectivity index (χ2v) is 12.1. The summed E-state index contributed by atoms with van der Waals surface area (Å²) in [6, 6.07) is 0. The van der Waals surface area contributed by atoms with Crippen LogP contribution in [0.5, 0.6) is 0 Å². The molecule has 268 valence electrons. The van der Waals surface area contributed by atoms with Gasteiger partial charge in [0, 0.05) is 12.8 Å². The van der Waals surface area contributed by atoms with E-state index in [0.29, 0.717) is 24.7 Å². The molecule has 0 radical (unpaired) electrons. The molecule has 0 aliphatic rings. The molecule has 0 fully saturated rings. The van der Waals surface area contributed by atoms with Crippen LogP contribution in [-0.2, 0) is 33.2 Å². The fourth-order valence-corrected chi connectivity index (χ4v) is 5.31. The number of allylic oxidation sites excluding steroid dienone is 2. The van der Waals surface area contributed by atoms with E-state index in [9.17, 15) is 0 Å². The van der Waals surface area contributed by atoms with Crippen LogP contribution in [0.4, 0.5) is 0 Å². The molecule has 0 aromatic rings. The van der Waals surface area contributed by atoms with Gasteiger partial charge in [-0.3, -0.25) is 0 Å².